The topological polar surface area (TPSA) is 88.3 Å². The summed E-state index contributed by atoms with van der Waals surface area (Å²) in [6.07, 6.45) is 0.208. The fourth-order valence-electron chi connectivity index (χ4n) is 7.15. The van der Waals surface area contributed by atoms with Crippen LogP contribution in [0.2, 0.25) is 5.04 Å². The van der Waals surface area contributed by atoms with Crippen LogP contribution in [-0.4, -0.2) is 63.7 Å². The van der Waals surface area contributed by atoms with E-state index >= 15 is 0 Å². The van der Waals surface area contributed by atoms with Crippen molar-refractivity contribution in [3.05, 3.63) is 109 Å². The molecule has 1 aromatic heterocycles. The SMILES string of the molecule is COc1ccc(CN2C(=O)CCN(c3noc4cc(N5CC(CO[Si](c6ccccc6)(c6ccccc6)C(C)(C)C)C5)ccc34)C2=O)cc1. The normalized spacial score (nSPS) is 16.0. The molecule has 0 saturated carbocycles. The summed E-state index contributed by atoms with van der Waals surface area (Å²) in [6.45, 7) is 9.77. The molecule has 2 aliphatic rings. The highest BCUT2D eigenvalue weighted by atomic mass is 28.4. The first-order valence-electron chi connectivity index (χ1n) is 16.8. The van der Waals surface area contributed by atoms with Gasteiger partial charge < -0.3 is 18.6 Å². The van der Waals surface area contributed by atoms with E-state index < -0.39 is 14.3 Å². The molecule has 3 amide bonds. The molecule has 0 bridgehead atoms. The van der Waals surface area contributed by atoms with E-state index in [0.29, 0.717) is 29.7 Å². The molecular weight excluding hydrogens is 633 g/mol. The van der Waals surface area contributed by atoms with Gasteiger partial charge in [-0.15, -0.1) is 0 Å². The third-order valence-corrected chi connectivity index (χ3v) is 14.8. The van der Waals surface area contributed by atoms with Crippen molar-refractivity contribution in [1.29, 1.82) is 0 Å². The fourth-order valence-corrected chi connectivity index (χ4v) is 11.8. The third kappa shape index (κ3) is 6.11. The maximum Gasteiger partial charge on any atom is 0.332 e. The van der Waals surface area contributed by atoms with E-state index in [-0.39, 0.29) is 30.5 Å². The first-order chi connectivity index (χ1) is 23.7. The Bertz CT molecular complexity index is 1900. The summed E-state index contributed by atoms with van der Waals surface area (Å²) in [5.41, 5.74) is 2.48. The number of nitrogens with zero attached hydrogens (tertiary/aromatic N) is 4. The second kappa shape index (κ2) is 13.2. The lowest BCUT2D eigenvalue weighted by Gasteiger charge is -2.46. The minimum absolute atomic E-state index is 0.0656. The van der Waals surface area contributed by atoms with E-state index in [1.54, 1.807) is 7.11 Å². The summed E-state index contributed by atoms with van der Waals surface area (Å²) in [6, 6.07) is 34.4. The summed E-state index contributed by atoms with van der Waals surface area (Å²) in [5.74, 6) is 1.33. The molecule has 4 aromatic carbocycles. The molecule has 2 aliphatic heterocycles. The molecule has 0 aliphatic carbocycles. The summed E-state index contributed by atoms with van der Waals surface area (Å²) in [7, 11) is -0.990. The molecule has 7 rings (SSSR count). The average Bonchev–Trinajstić information content (AvgIpc) is 3.51. The van der Waals surface area contributed by atoms with Crippen LogP contribution in [0.4, 0.5) is 16.3 Å². The van der Waals surface area contributed by atoms with Gasteiger partial charge in [0.25, 0.3) is 8.32 Å². The Labute approximate surface area is 288 Å². The zero-order chi connectivity index (χ0) is 34.2. The summed E-state index contributed by atoms with van der Waals surface area (Å²) < 4.78 is 18.2. The number of urea groups is 1. The third-order valence-electron chi connectivity index (χ3n) is 9.78. The van der Waals surface area contributed by atoms with Crippen LogP contribution < -0.4 is 24.9 Å². The number of hydrogen-bond donors (Lipinski definition) is 0. The molecule has 0 atom stereocenters. The molecule has 252 valence electrons. The van der Waals surface area contributed by atoms with Crippen LogP contribution in [0.3, 0.4) is 0 Å². The van der Waals surface area contributed by atoms with Crippen molar-refractivity contribution in [2.75, 3.05) is 43.2 Å². The monoisotopic (exact) mass is 674 g/mol. The van der Waals surface area contributed by atoms with Crippen LogP contribution in [0.5, 0.6) is 5.75 Å². The lowest BCUT2D eigenvalue weighted by molar-refractivity contribution is -0.129. The number of carbonyl (C=O) groups is 2. The zero-order valence-corrected chi connectivity index (χ0v) is 29.5. The van der Waals surface area contributed by atoms with Gasteiger partial charge in [0.15, 0.2) is 11.4 Å². The molecule has 0 radical (unpaired) electrons. The number of imide groups is 1. The molecule has 9 nitrogen and oxygen atoms in total. The Balaban J connectivity index is 1.04. The Morgan fingerprint density at radius 1 is 0.878 bits per heavy atom. The molecule has 0 unspecified atom stereocenters. The zero-order valence-electron chi connectivity index (χ0n) is 28.5. The Morgan fingerprint density at radius 3 is 2.14 bits per heavy atom. The number of rotatable bonds is 10. The fraction of sp³-hybridized carbons (Fsp3) is 0.308. The van der Waals surface area contributed by atoms with Gasteiger partial charge in [0.2, 0.25) is 5.91 Å². The van der Waals surface area contributed by atoms with E-state index in [1.807, 2.05) is 36.4 Å². The first-order valence-corrected chi connectivity index (χ1v) is 18.7. The van der Waals surface area contributed by atoms with Gasteiger partial charge in [0.05, 0.1) is 19.0 Å². The molecule has 49 heavy (non-hydrogen) atoms. The van der Waals surface area contributed by atoms with Crippen LogP contribution in [0.15, 0.2) is 108 Å². The number of fused-ring (bicyclic) bond motifs is 1. The quantitative estimate of drug-likeness (QED) is 0.163. The molecule has 2 saturated heterocycles. The largest absolute Gasteiger partial charge is 0.497 e. The summed E-state index contributed by atoms with van der Waals surface area (Å²) in [5, 5.41) is 7.55. The van der Waals surface area contributed by atoms with Gasteiger partial charge in [0, 0.05) is 50.3 Å². The van der Waals surface area contributed by atoms with Crippen LogP contribution in [-0.2, 0) is 15.8 Å². The number of anilines is 2. The molecule has 0 spiro atoms. The van der Waals surface area contributed by atoms with E-state index in [9.17, 15) is 9.59 Å². The van der Waals surface area contributed by atoms with E-state index in [2.05, 4.69) is 97.6 Å². The average molecular weight is 675 g/mol. The van der Waals surface area contributed by atoms with Crippen molar-refractivity contribution in [3.63, 3.8) is 0 Å². The number of carbonyl (C=O) groups excluding carboxylic acids is 2. The summed E-state index contributed by atoms with van der Waals surface area (Å²) >= 11 is 0. The van der Waals surface area contributed by atoms with Gasteiger partial charge in [-0.25, -0.2) is 4.79 Å². The van der Waals surface area contributed by atoms with Crippen molar-refractivity contribution < 1.29 is 23.3 Å². The highest BCUT2D eigenvalue weighted by Gasteiger charge is 2.50. The summed E-state index contributed by atoms with van der Waals surface area (Å²) in [4.78, 5) is 31.5. The van der Waals surface area contributed by atoms with Gasteiger partial charge in [-0.2, -0.15) is 0 Å². The maximum atomic E-state index is 13.6. The van der Waals surface area contributed by atoms with Gasteiger partial charge in [0.1, 0.15) is 5.75 Å². The van der Waals surface area contributed by atoms with Crippen molar-refractivity contribution in [2.24, 2.45) is 5.92 Å². The van der Waals surface area contributed by atoms with Crippen LogP contribution in [0.1, 0.15) is 32.8 Å². The van der Waals surface area contributed by atoms with Crippen molar-refractivity contribution >= 4 is 53.1 Å². The minimum atomic E-state index is -2.59. The smallest absolute Gasteiger partial charge is 0.332 e. The second-order valence-corrected chi connectivity index (χ2v) is 18.2. The van der Waals surface area contributed by atoms with Crippen LogP contribution >= 0.6 is 0 Å². The van der Waals surface area contributed by atoms with Crippen molar-refractivity contribution in [3.8, 4) is 5.75 Å². The number of aromatic nitrogens is 1. The first kappa shape index (κ1) is 32.6. The number of benzene rings is 4. The van der Waals surface area contributed by atoms with E-state index in [4.69, 9.17) is 13.7 Å². The predicted octanol–water partition coefficient (Wildman–Crippen LogP) is 6.21. The van der Waals surface area contributed by atoms with Crippen LogP contribution in [0, 0.1) is 5.92 Å². The highest BCUT2D eigenvalue weighted by molar-refractivity contribution is 6.99. The number of amides is 3. The maximum absolute atomic E-state index is 13.6. The predicted molar refractivity (Wildman–Crippen MR) is 194 cm³/mol. The molecule has 3 heterocycles. The van der Waals surface area contributed by atoms with Gasteiger partial charge in [-0.3, -0.25) is 14.6 Å². The van der Waals surface area contributed by atoms with Gasteiger partial charge in [-0.1, -0.05) is 98.7 Å². The van der Waals surface area contributed by atoms with Crippen molar-refractivity contribution in [2.45, 2.75) is 38.8 Å². The van der Waals surface area contributed by atoms with Gasteiger partial charge >= 0.3 is 6.03 Å². The molecular formula is C39H42N4O5Si. The van der Waals surface area contributed by atoms with Crippen molar-refractivity contribution in [1.82, 2.24) is 10.1 Å². The Hall–Kier alpha value is -4.93. The number of ether oxygens (including phenoxy) is 1. The lowest BCUT2D eigenvalue weighted by Crippen LogP contribution is -2.67. The lowest BCUT2D eigenvalue weighted by atomic mass is 10.0. The minimum Gasteiger partial charge on any atom is -0.497 e. The molecule has 5 aromatic rings. The Morgan fingerprint density at radius 2 is 1.53 bits per heavy atom. The van der Waals surface area contributed by atoms with E-state index in [1.165, 1.54) is 20.2 Å². The number of methoxy groups -OCH3 is 1. The second-order valence-electron chi connectivity index (χ2n) is 13.9. The number of hydrogen-bond acceptors (Lipinski definition) is 7. The van der Waals surface area contributed by atoms with Gasteiger partial charge in [-0.05, 0) is 45.2 Å². The highest BCUT2D eigenvalue weighted by Crippen LogP contribution is 2.38. The van der Waals surface area contributed by atoms with Crippen LogP contribution in [0.25, 0.3) is 11.0 Å². The standard InChI is InChI=1S/C39H42N4O5Si/c1-39(2,3)49(32-11-7-5-8-12-32,33-13-9-6-10-14-33)47-27-29-24-41(25-29)30-17-20-34-35(23-30)48-40-37(34)42-22-21-36(44)43(38(42)45)26-28-15-18-31(46-4)19-16-28/h5-20,23,29H,21-22,24-27H2,1-4H3. The molecule has 2 fully saturated rings. The molecule has 0 N–H and O–H groups in total. The Kier molecular flexibility index (Phi) is 8.76. The molecule has 10 heteroatoms. The van der Waals surface area contributed by atoms with E-state index in [0.717, 1.165) is 29.7 Å².